The summed E-state index contributed by atoms with van der Waals surface area (Å²) in [6.45, 7) is 1.08. The molecule has 2 aromatic heterocycles. The lowest BCUT2D eigenvalue weighted by atomic mass is 9.90. The van der Waals surface area contributed by atoms with Crippen molar-refractivity contribution in [3.8, 4) is 11.3 Å². The third-order valence-electron chi connectivity index (χ3n) is 5.71. The number of pyridine rings is 1. The molecule has 0 aliphatic carbocycles. The molecule has 1 aliphatic rings. The summed E-state index contributed by atoms with van der Waals surface area (Å²) in [7, 11) is -1.73. The topological polar surface area (TPSA) is 102 Å². The van der Waals surface area contributed by atoms with Crippen molar-refractivity contribution < 1.29 is 13.2 Å². The Labute approximate surface area is 186 Å². The number of hydrogen-bond donors (Lipinski definition) is 0. The van der Waals surface area contributed by atoms with E-state index in [1.807, 2.05) is 4.90 Å². The van der Waals surface area contributed by atoms with Gasteiger partial charge in [0.25, 0.3) is 5.56 Å². The maximum absolute atomic E-state index is 13.2. The SMILES string of the molecule is Cn1c(N2CCCC(C(=O)c3cccc(S(C)(=O)=O)c3)C2)nc(-c2ccncc2)cc1=O. The molecule has 0 spiro atoms. The summed E-state index contributed by atoms with van der Waals surface area (Å²) in [5.41, 5.74) is 1.55. The van der Waals surface area contributed by atoms with Gasteiger partial charge in [-0.25, -0.2) is 13.4 Å². The van der Waals surface area contributed by atoms with Crippen molar-refractivity contribution in [3.05, 3.63) is 70.8 Å². The molecule has 1 fully saturated rings. The summed E-state index contributed by atoms with van der Waals surface area (Å²) in [6.07, 6.45) is 5.87. The van der Waals surface area contributed by atoms with Gasteiger partial charge in [0.1, 0.15) is 0 Å². The average molecular weight is 453 g/mol. The fourth-order valence-corrected chi connectivity index (χ4v) is 4.64. The summed E-state index contributed by atoms with van der Waals surface area (Å²) in [5, 5.41) is 0. The second-order valence-electron chi connectivity index (χ2n) is 8.02. The van der Waals surface area contributed by atoms with Crippen LogP contribution in [0.15, 0.2) is 64.5 Å². The first-order chi connectivity index (χ1) is 15.2. The Morgan fingerprint density at radius 3 is 2.59 bits per heavy atom. The molecule has 8 nitrogen and oxygen atoms in total. The van der Waals surface area contributed by atoms with E-state index in [2.05, 4.69) is 4.98 Å². The molecule has 4 rings (SSSR count). The largest absolute Gasteiger partial charge is 0.341 e. The van der Waals surface area contributed by atoms with Crippen molar-refractivity contribution in [1.29, 1.82) is 0 Å². The molecule has 0 N–H and O–H groups in total. The zero-order valence-corrected chi connectivity index (χ0v) is 18.7. The molecule has 1 aromatic carbocycles. The molecular formula is C23H24N4O4S. The molecule has 0 bridgehead atoms. The standard InChI is InChI=1S/C23H24N4O4S/c1-26-21(28)14-20(16-8-10-24-11-9-16)25-23(26)27-12-4-6-18(15-27)22(29)17-5-3-7-19(13-17)32(2,30)31/h3,5,7-11,13-14,18H,4,6,12,15H2,1-2H3. The van der Waals surface area contributed by atoms with Crippen molar-refractivity contribution in [2.24, 2.45) is 13.0 Å². The first-order valence-electron chi connectivity index (χ1n) is 10.3. The van der Waals surface area contributed by atoms with Crippen LogP contribution in [-0.4, -0.2) is 48.1 Å². The third-order valence-corrected chi connectivity index (χ3v) is 6.82. The van der Waals surface area contributed by atoms with E-state index in [0.717, 1.165) is 18.2 Å². The number of aromatic nitrogens is 3. The number of anilines is 1. The Bertz CT molecular complexity index is 1320. The molecule has 0 saturated carbocycles. The van der Waals surface area contributed by atoms with E-state index in [0.29, 0.717) is 36.7 Å². The molecule has 0 amide bonds. The number of rotatable bonds is 5. The van der Waals surface area contributed by atoms with Gasteiger partial charge in [0, 0.05) is 61.9 Å². The van der Waals surface area contributed by atoms with Crippen molar-refractivity contribution in [2.75, 3.05) is 24.2 Å². The van der Waals surface area contributed by atoms with Gasteiger partial charge < -0.3 is 4.90 Å². The van der Waals surface area contributed by atoms with E-state index in [1.165, 1.54) is 22.8 Å². The van der Waals surface area contributed by atoms with Gasteiger partial charge in [0.2, 0.25) is 5.95 Å². The second-order valence-corrected chi connectivity index (χ2v) is 10.0. The van der Waals surface area contributed by atoms with Crippen molar-refractivity contribution >= 4 is 21.6 Å². The molecule has 166 valence electrons. The number of sulfone groups is 1. The lowest BCUT2D eigenvalue weighted by molar-refractivity contribution is 0.0906. The van der Waals surface area contributed by atoms with Crippen LogP contribution in [0, 0.1) is 5.92 Å². The second kappa shape index (κ2) is 8.66. The van der Waals surface area contributed by atoms with Crippen LogP contribution in [0.1, 0.15) is 23.2 Å². The minimum absolute atomic E-state index is 0.101. The molecule has 1 atom stereocenters. The molecular weight excluding hydrogens is 428 g/mol. The third kappa shape index (κ3) is 4.47. The van der Waals surface area contributed by atoms with Gasteiger partial charge in [-0.3, -0.25) is 19.1 Å². The summed E-state index contributed by atoms with van der Waals surface area (Å²) in [6, 6.07) is 11.2. The van der Waals surface area contributed by atoms with E-state index < -0.39 is 9.84 Å². The molecule has 1 unspecified atom stereocenters. The lowest BCUT2D eigenvalue weighted by Crippen LogP contribution is -2.42. The highest BCUT2D eigenvalue weighted by Crippen LogP contribution is 2.26. The number of hydrogen-bond acceptors (Lipinski definition) is 7. The molecule has 32 heavy (non-hydrogen) atoms. The van der Waals surface area contributed by atoms with E-state index in [1.54, 1.807) is 43.7 Å². The fraction of sp³-hybridized carbons (Fsp3) is 0.304. The molecule has 9 heteroatoms. The summed E-state index contributed by atoms with van der Waals surface area (Å²) >= 11 is 0. The quantitative estimate of drug-likeness (QED) is 0.548. The Balaban J connectivity index is 1.63. The van der Waals surface area contributed by atoms with Gasteiger partial charge in [0.05, 0.1) is 10.6 Å². The first-order valence-corrected chi connectivity index (χ1v) is 12.2. The average Bonchev–Trinajstić information content (AvgIpc) is 2.80. The van der Waals surface area contributed by atoms with E-state index >= 15 is 0 Å². The Hall–Kier alpha value is -3.33. The predicted octanol–water partition coefficient (Wildman–Crippen LogP) is 2.35. The minimum Gasteiger partial charge on any atom is -0.341 e. The van der Waals surface area contributed by atoms with E-state index in [-0.39, 0.29) is 22.2 Å². The molecule has 1 aliphatic heterocycles. The molecule has 3 heterocycles. The van der Waals surface area contributed by atoms with Crippen molar-refractivity contribution in [2.45, 2.75) is 17.7 Å². The van der Waals surface area contributed by atoms with Gasteiger partial charge in [-0.1, -0.05) is 12.1 Å². The number of piperidine rings is 1. The zero-order valence-electron chi connectivity index (χ0n) is 17.9. The highest BCUT2D eigenvalue weighted by Gasteiger charge is 2.29. The highest BCUT2D eigenvalue weighted by molar-refractivity contribution is 7.90. The predicted molar refractivity (Wildman–Crippen MR) is 122 cm³/mol. The van der Waals surface area contributed by atoms with Crippen molar-refractivity contribution in [3.63, 3.8) is 0 Å². The Kier molecular flexibility index (Phi) is 5.92. The molecule has 1 saturated heterocycles. The van der Waals surface area contributed by atoms with Gasteiger partial charge in [-0.05, 0) is 37.1 Å². The van der Waals surface area contributed by atoms with Crippen LogP contribution in [0.25, 0.3) is 11.3 Å². The van der Waals surface area contributed by atoms with Crippen molar-refractivity contribution in [1.82, 2.24) is 14.5 Å². The van der Waals surface area contributed by atoms with Gasteiger partial charge in [0.15, 0.2) is 15.6 Å². The first kappa shape index (κ1) is 21.9. The lowest BCUT2D eigenvalue weighted by Gasteiger charge is -2.33. The Morgan fingerprint density at radius 2 is 1.88 bits per heavy atom. The van der Waals surface area contributed by atoms with E-state index in [4.69, 9.17) is 4.98 Å². The van der Waals surface area contributed by atoms with Crippen LogP contribution in [-0.2, 0) is 16.9 Å². The van der Waals surface area contributed by atoms with Crippen LogP contribution >= 0.6 is 0 Å². The maximum atomic E-state index is 13.2. The van der Waals surface area contributed by atoms with E-state index in [9.17, 15) is 18.0 Å². The summed E-state index contributed by atoms with van der Waals surface area (Å²) in [5.74, 6) is 0.0854. The Morgan fingerprint density at radius 1 is 1.12 bits per heavy atom. The summed E-state index contributed by atoms with van der Waals surface area (Å²) < 4.78 is 25.2. The normalized spacial score (nSPS) is 16.7. The minimum atomic E-state index is -3.40. The smallest absolute Gasteiger partial charge is 0.255 e. The van der Waals surface area contributed by atoms with Gasteiger partial charge in [-0.2, -0.15) is 0 Å². The van der Waals surface area contributed by atoms with Crippen LogP contribution in [0.5, 0.6) is 0 Å². The number of nitrogens with zero attached hydrogens (tertiary/aromatic N) is 4. The van der Waals surface area contributed by atoms with Crippen LogP contribution in [0.3, 0.4) is 0 Å². The van der Waals surface area contributed by atoms with Crippen LogP contribution in [0.4, 0.5) is 5.95 Å². The van der Waals surface area contributed by atoms with Gasteiger partial charge >= 0.3 is 0 Å². The number of ketones is 1. The molecule has 0 radical (unpaired) electrons. The van der Waals surface area contributed by atoms with Crippen LogP contribution < -0.4 is 10.5 Å². The fourth-order valence-electron chi connectivity index (χ4n) is 3.97. The summed E-state index contributed by atoms with van der Waals surface area (Å²) in [4.78, 5) is 36.6. The number of Topliss-reactive ketones (excluding diaryl/α,β-unsaturated/α-hetero) is 1. The van der Waals surface area contributed by atoms with Gasteiger partial charge in [-0.15, -0.1) is 0 Å². The number of benzene rings is 1. The number of carbonyl (C=O) groups is 1. The zero-order chi connectivity index (χ0) is 22.9. The van der Waals surface area contributed by atoms with Crippen LogP contribution in [0.2, 0.25) is 0 Å². The number of carbonyl (C=O) groups excluding carboxylic acids is 1. The molecule has 3 aromatic rings. The monoisotopic (exact) mass is 452 g/mol. The highest BCUT2D eigenvalue weighted by atomic mass is 32.2. The maximum Gasteiger partial charge on any atom is 0.255 e.